The molecule has 0 aliphatic heterocycles. The van der Waals surface area contributed by atoms with Gasteiger partial charge in [-0.3, -0.25) is 0 Å². The van der Waals surface area contributed by atoms with Gasteiger partial charge in [0.2, 0.25) is 0 Å². The molecule has 0 bridgehead atoms. The van der Waals surface area contributed by atoms with Crippen LogP contribution >= 0.6 is 0 Å². The van der Waals surface area contributed by atoms with E-state index in [1.807, 2.05) is 0 Å². The van der Waals surface area contributed by atoms with Gasteiger partial charge in [-0.05, 0) is 13.8 Å². The molecule has 0 radical (unpaired) electrons. The van der Waals surface area contributed by atoms with Gasteiger partial charge in [0, 0.05) is 0 Å². The zero-order chi connectivity index (χ0) is 12.1. The lowest BCUT2D eigenvalue weighted by atomic mass is 10.5. The number of aliphatic hydroxyl groups excluding tert-OH is 3. The van der Waals surface area contributed by atoms with E-state index in [4.69, 9.17) is 15.3 Å². The molecule has 1 atom stereocenters. The molecule has 6 nitrogen and oxygen atoms in total. The van der Waals surface area contributed by atoms with E-state index >= 15 is 0 Å². The van der Waals surface area contributed by atoms with Crippen molar-refractivity contribution in [3.8, 4) is 0 Å². The second-order valence-corrected chi connectivity index (χ2v) is 2.61. The number of ether oxygens (including phenoxy) is 2. The van der Waals surface area contributed by atoms with Gasteiger partial charge >= 0.3 is 5.97 Å². The second kappa shape index (κ2) is 13.3. The van der Waals surface area contributed by atoms with Crippen LogP contribution in [0.3, 0.4) is 0 Å². The van der Waals surface area contributed by atoms with Crippen molar-refractivity contribution in [2.45, 2.75) is 20.0 Å². The third-order valence-electron chi connectivity index (χ3n) is 1.03. The number of esters is 1. The first-order valence-electron chi connectivity index (χ1n) is 4.71. The van der Waals surface area contributed by atoms with E-state index in [2.05, 4.69) is 9.47 Å². The highest BCUT2D eigenvalue weighted by atomic mass is 16.6. The fourth-order valence-electron chi connectivity index (χ4n) is 0.423. The molecule has 3 N–H and O–H groups in total. The summed E-state index contributed by atoms with van der Waals surface area (Å²) in [5.74, 6) is -0.393. The Morgan fingerprint density at radius 1 is 1.40 bits per heavy atom. The number of hydrogen-bond acceptors (Lipinski definition) is 6. The molecule has 0 saturated heterocycles. The second-order valence-electron chi connectivity index (χ2n) is 2.61. The van der Waals surface area contributed by atoms with E-state index < -0.39 is 12.1 Å². The third-order valence-corrected chi connectivity index (χ3v) is 1.03. The first-order chi connectivity index (χ1) is 7.08. The van der Waals surface area contributed by atoms with Crippen molar-refractivity contribution in [1.82, 2.24) is 0 Å². The summed E-state index contributed by atoms with van der Waals surface area (Å²) in [7, 11) is 0. The van der Waals surface area contributed by atoms with Gasteiger partial charge in [0.1, 0.15) is 6.61 Å². The summed E-state index contributed by atoms with van der Waals surface area (Å²) in [5.41, 5.74) is 0. The average Bonchev–Trinajstić information content (AvgIpc) is 2.19. The Kier molecular flexibility index (Phi) is 14.8. The van der Waals surface area contributed by atoms with Crippen molar-refractivity contribution >= 4 is 5.97 Å². The lowest BCUT2D eigenvalue weighted by molar-refractivity contribution is -0.148. The fraction of sp³-hybridized carbons (Fsp3) is 0.889. The van der Waals surface area contributed by atoms with E-state index in [0.29, 0.717) is 6.61 Å². The molecule has 0 amide bonds. The number of aliphatic hydroxyl groups is 3. The van der Waals surface area contributed by atoms with Gasteiger partial charge in [-0.2, -0.15) is 0 Å². The Morgan fingerprint density at radius 3 is 2.27 bits per heavy atom. The summed E-state index contributed by atoms with van der Waals surface area (Å²) in [6, 6.07) is 0. The highest BCUT2D eigenvalue weighted by Crippen LogP contribution is 1.79. The minimum absolute atomic E-state index is 0.0700. The molecule has 15 heavy (non-hydrogen) atoms. The largest absolute Gasteiger partial charge is 0.464 e. The summed E-state index contributed by atoms with van der Waals surface area (Å²) < 4.78 is 9.22. The molecule has 0 saturated carbocycles. The lowest BCUT2D eigenvalue weighted by Gasteiger charge is -2.00. The molecular formula is C9H20O6. The van der Waals surface area contributed by atoms with Gasteiger partial charge in [0.25, 0.3) is 0 Å². The summed E-state index contributed by atoms with van der Waals surface area (Å²) in [6.45, 7) is 3.51. The summed E-state index contributed by atoms with van der Waals surface area (Å²) in [6.07, 6.45) is -0.560. The van der Waals surface area contributed by atoms with Crippen LogP contribution in [0.5, 0.6) is 0 Å². The first-order valence-corrected chi connectivity index (χ1v) is 4.71. The van der Waals surface area contributed by atoms with Crippen LogP contribution < -0.4 is 0 Å². The fourth-order valence-corrected chi connectivity index (χ4v) is 0.423. The number of rotatable bonds is 6. The maximum atomic E-state index is 10.5. The van der Waals surface area contributed by atoms with Crippen molar-refractivity contribution in [2.75, 3.05) is 33.0 Å². The lowest BCUT2D eigenvalue weighted by Crippen LogP contribution is -2.13. The molecule has 0 aromatic rings. The van der Waals surface area contributed by atoms with Crippen molar-refractivity contribution < 1.29 is 29.6 Å². The average molecular weight is 224 g/mol. The Hall–Kier alpha value is -0.690. The highest BCUT2D eigenvalue weighted by Gasteiger charge is 1.98. The van der Waals surface area contributed by atoms with Gasteiger partial charge in [0.15, 0.2) is 0 Å². The van der Waals surface area contributed by atoms with E-state index in [-0.39, 0.29) is 26.4 Å². The van der Waals surface area contributed by atoms with Crippen molar-refractivity contribution in [3.05, 3.63) is 0 Å². The topological polar surface area (TPSA) is 96.2 Å². The zero-order valence-corrected chi connectivity index (χ0v) is 9.18. The molecule has 0 fully saturated rings. The van der Waals surface area contributed by atoms with Gasteiger partial charge in [-0.15, -0.1) is 0 Å². The van der Waals surface area contributed by atoms with Crippen LogP contribution in [-0.4, -0.2) is 60.4 Å². The predicted molar refractivity (Wildman–Crippen MR) is 53.3 cm³/mol. The highest BCUT2D eigenvalue weighted by molar-refractivity contribution is 5.70. The SMILES string of the molecule is CC(O)CO.CCOC(=O)COCCO. The Bertz CT molecular complexity index is 137. The summed E-state index contributed by atoms with van der Waals surface area (Å²) in [5, 5.41) is 24.2. The van der Waals surface area contributed by atoms with Crippen LogP contribution in [0.25, 0.3) is 0 Å². The monoisotopic (exact) mass is 224 g/mol. The van der Waals surface area contributed by atoms with Crippen LogP contribution in [0.1, 0.15) is 13.8 Å². The van der Waals surface area contributed by atoms with Gasteiger partial charge < -0.3 is 24.8 Å². The molecule has 0 rings (SSSR count). The van der Waals surface area contributed by atoms with Gasteiger partial charge in [0.05, 0.1) is 32.5 Å². The number of carbonyl (C=O) groups is 1. The molecule has 6 heteroatoms. The van der Waals surface area contributed by atoms with Crippen molar-refractivity contribution in [2.24, 2.45) is 0 Å². The quantitative estimate of drug-likeness (QED) is 0.392. The summed E-state index contributed by atoms with van der Waals surface area (Å²) >= 11 is 0. The van der Waals surface area contributed by atoms with Crippen LogP contribution in [0.15, 0.2) is 0 Å². The zero-order valence-electron chi connectivity index (χ0n) is 9.18. The number of carbonyl (C=O) groups excluding carboxylic acids is 1. The standard InChI is InChI=1S/C6H12O4.C3H8O2/c1-2-10-6(8)5-9-4-3-7;1-3(5)2-4/h7H,2-5H2,1H3;3-5H,2H2,1H3. The minimum Gasteiger partial charge on any atom is -0.464 e. The molecule has 0 heterocycles. The molecule has 0 aromatic carbocycles. The molecule has 0 aliphatic carbocycles. The van der Waals surface area contributed by atoms with Crippen LogP contribution in [0.2, 0.25) is 0 Å². The Labute approximate surface area is 89.4 Å². The molecule has 92 valence electrons. The van der Waals surface area contributed by atoms with E-state index in [1.165, 1.54) is 6.92 Å². The van der Waals surface area contributed by atoms with Gasteiger partial charge in [-0.1, -0.05) is 0 Å². The van der Waals surface area contributed by atoms with Crippen LogP contribution in [-0.2, 0) is 14.3 Å². The maximum Gasteiger partial charge on any atom is 0.332 e. The van der Waals surface area contributed by atoms with Crippen LogP contribution in [0, 0.1) is 0 Å². The maximum absolute atomic E-state index is 10.5. The number of hydrogen-bond donors (Lipinski definition) is 3. The molecular weight excluding hydrogens is 204 g/mol. The van der Waals surface area contributed by atoms with Crippen molar-refractivity contribution in [1.29, 1.82) is 0 Å². The van der Waals surface area contributed by atoms with Crippen molar-refractivity contribution in [3.63, 3.8) is 0 Å². The molecule has 0 spiro atoms. The molecule has 1 unspecified atom stereocenters. The minimum atomic E-state index is -0.560. The van der Waals surface area contributed by atoms with E-state index in [9.17, 15) is 4.79 Å². The van der Waals surface area contributed by atoms with E-state index in [0.717, 1.165) is 0 Å². The summed E-state index contributed by atoms with van der Waals surface area (Å²) in [4.78, 5) is 10.5. The Balaban J connectivity index is 0. The predicted octanol–water partition coefficient (Wildman–Crippen LogP) is -1.08. The molecule has 0 aromatic heterocycles. The Morgan fingerprint density at radius 2 is 1.93 bits per heavy atom. The van der Waals surface area contributed by atoms with E-state index in [1.54, 1.807) is 6.92 Å². The normalized spacial score (nSPS) is 11.3. The smallest absolute Gasteiger partial charge is 0.332 e. The first kappa shape index (κ1) is 16.7. The third kappa shape index (κ3) is 19.6. The van der Waals surface area contributed by atoms with Crippen LogP contribution in [0.4, 0.5) is 0 Å². The molecule has 0 aliphatic rings. The van der Waals surface area contributed by atoms with Gasteiger partial charge in [-0.25, -0.2) is 4.79 Å².